The molecule has 2 rings (SSSR count). The molecule has 3 N–H and O–H groups in total. The summed E-state index contributed by atoms with van der Waals surface area (Å²) >= 11 is 3.07. The molecule has 0 saturated carbocycles. The van der Waals surface area contributed by atoms with Gasteiger partial charge in [-0.1, -0.05) is 0 Å². The second kappa shape index (κ2) is 3.38. The average molecular weight is 257 g/mol. The number of rotatable bonds is 1. The molecule has 0 spiro atoms. The molecule has 1 aromatic carbocycles. The number of nitrogens with two attached hydrogens (primary N) is 1. The molecule has 2 aromatic rings. The Balaban J connectivity index is 2.64. The minimum atomic E-state index is -0.407. The molecule has 6 heteroatoms. The Bertz CT molecular complexity index is 455. The molecular weight excluding hydrogens is 251 g/mol. The Kier molecular flexibility index (Phi) is 2.20. The Morgan fingerprint density at radius 2 is 2.21 bits per heavy atom. The molecule has 0 bridgehead atoms. The molecule has 0 unspecified atom stereocenters. The minimum Gasteiger partial charge on any atom is -0.399 e. The van der Waals surface area contributed by atoms with Gasteiger partial charge in [0.1, 0.15) is 12.1 Å². The number of hydrogen-bond donors (Lipinski definition) is 2. The van der Waals surface area contributed by atoms with E-state index >= 15 is 0 Å². The van der Waals surface area contributed by atoms with E-state index in [-0.39, 0.29) is 0 Å². The van der Waals surface area contributed by atoms with Gasteiger partial charge in [0.2, 0.25) is 0 Å². The van der Waals surface area contributed by atoms with Crippen molar-refractivity contribution >= 4 is 21.6 Å². The lowest BCUT2D eigenvalue weighted by molar-refractivity contribution is 0.623. The smallest absolute Gasteiger partial charge is 0.158 e. The van der Waals surface area contributed by atoms with Crippen LogP contribution in [0.2, 0.25) is 0 Å². The first-order valence-electron chi connectivity index (χ1n) is 3.78. The van der Waals surface area contributed by atoms with Crippen LogP contribution in [0.3, 0.4) is 0 Å². The van der Waals surface area contributed by atoms with Crippen LogP contribution in [0.1, 0.15) is 0 Å². The first-order chi connectivity index (χ1) is 6.68. The summed E-state index contributed by atoms with van der Waals surface area (Å²) in [7, 11) is 0. The van der Waals surface area contributed by atoms with Gasteiger partial charge in [-0.25, -0.2) is 9.37 Å². The molecule has 1 heterocycles. The Morgan fingerprint density at radius 3 is 2.86 bits per heavy atom. The van der Waals surface area contributed by atoms with Crippen LogP contribution in [-0.4, -0.2) is 15.2 Å². The van der Waals surface area contributed by atoms with Gasteiger partial charge in [-0.3, -0.25) is 5.10 Å². The maximum atomic E-state index is 13.6. The van der Waals surface area contributed by atoms with Crippen molar-refractivity contribution < 1.29 is 4.39 Å². The van der Waals surface area contributed by atoms with E-state index in [2.05, 4.69) is 31.1 Å². The van der Waals surface area contributed by atoms with Gasteiger partial charge in [-0.15, -0.1) is 0 Å². The van der Waals surface area contributed by atoms with Crippen LogP contribution in [0.15, 0.2) is 22.9 Å². The van der Waals surface area contributed by atoms with Crippen LogP contribution < -0.4 is 5.73 Å². The summed E-state index contributed by atoms with van der Waals surface area (Å²) in [4.78, 5) is 3.85. The molecule has 0 amide bonds. The van der Waals surface area contributed by atoms with Gasteiger partial charge < -0.3 is 5.73 Å². The Hall–Kier alpha value is -1.43. The van der Waals surface area contributed by atoms with E-state index in [1.54, 1.807) is 0 Å². The van der Waals surface area contributed by atoms with Crippen LogP contribution in [0, 0.1) is 5.82 Å². The lowest BCUT2D eigenvalue weighted by Crippen LogP contribution is -1.92. The van der Waals surface area contributed by atoms with Crippen molar-refractivity contribution in [3.8, 4) is 11.4 Å². The summed E-state index contributed by atoms with van der Waals surface area (Å²) in [5.41, 5.74) is 6.34. The highest BCUT2D eigenvalue weighted by molar-refractivity contribution is 9.10. The van der Waals surface area contributed by atoms with Gasteiger partial charge in [0.05, 0.1) is 10.0 Å². The van der Waals surface area contributed by atoms with E-state index in [0.717, 1.165) is 0 Å². The maximum Gasteiger partial charge on any atom is 0.158 e. The van der Waals surface area contributed by atoms with E-state index in [1.165, 1.54) is 18.5 Å². The zero-order valence-electron chi connectivity index (χ0n) is 6.96. The van der Waals surface area contributed by atoms with Crippen molar-refractivity contribution in [2.24, 2.45) is 0 Å². The number of hydrogen-bond acceptors (Lipinski definition) is 3. The molecule has 0 saturated heterocycles. The highest BCUT2D eigenvalue weighted by atomic mass is 79.9. The third kappa shape index (κ3) is 1.48. The first-order valence-corrected chi connectivity index (χ1v) is 4.58. The highest BCUT2D eigenvalue weighted by Gasteiger charge is 2.11. The van der Waals surface area contributed by atoms with Crippen molar-refractivity contribution in [1.29, 1.82) is 0 Å². The summed E-state index contributed by atoms with van der Waals surface area (Å²) in [5.74, 6) is -0.0496. The summed E-state index contributed by atoms with van der Waals surface area (Å²) < 4.78 is 13.9. The molecule has 1 aromatic heterocycles. The molecule has 0 aliphatic rings. The number of H-pyrrole nitrogens is 1. The lowest BCUT2D eigenvalue weighted by atomic mass is 10.2. The molecule has 0 atom stereocenters. The molecule has 4 nitrogen and oxygen atoms in total. The van der Waals surface area contributed by atoms with Crippen LogP contribution in [0.4, 0.5) is 10.1 Å². The normalized spacial score (nSPS) is 10.4. The molecule has 0 fully saturated rings. The van der Waals surface area contributed by atoms with Gasteiger partial charge in [0, 0.05) is 5.69 Å². The van der Waals surface area contributed by atoms with Crippen molar-refractivity contribution in [3.05, 3.63) is 28.7 Å². The van der Waals surface area contributed by atoms with Crippen molar-refractivity contribution in [3.63, 3.8) is 0 Å². The van der Waals surface area contributed by atoms with Crippen molar-refractivity contribution in [2.75, 3.05) is 5.73 Å². The number of nitrogens with one attached hydrogen (secondary N) is 1. The number of benzene rings is 1. The number of halogens is 2. The number of nitrogens with zero attached hydrogens (tertiary/aromatic N) is 2. The van der Waals surface area contributed by atoms with Gasteiger partial charge >= 0.3 is 0 Å². The molecule has 14 heavy (non-hydrogen) atoms. The fourth-order valence-corrected chi connectivity index (χ4v) is 1.60. The van der Waals surface area contributed by atoms with E-state index in [0.29, 0.717) is 21.5 Å². The van der Waals surface area contributed by atoms with Gasteiger partial charge in [-0.2, -0.15) is 5.10 Å². The summed E-state index contributed by atoms with van der Waals surface area (Å²) in [6.07, 6.45) is 1.31. The third-order valence-electron chi connectivity index (χ3n) is 1.72. The van der Waals surface area contributed by atoms with E-state index in [9.17, 15) is 4.39 Å². The lowest BCUT2D eigenvalue weighted by Gasteiger charge is -2.02. The molecule has 0 aliphatic carbocycles. The van der Waals surface area contributed by atoms with Crippen LogP contribution in [-0.2, 0) is 0 Å². The second-order valence-corrected chi connectivity index (χ2v) is 3.55. The van der Waals surface area contributed by atoms with Crippen LogP contribution in [0.25, 0.3) is 11.4 Å². The van der Waals surface area contributed by atoms with Gasteiger partial charge in [0.25, 0.3) is 0 Å². The number of aromatic nitrogens is 3. The standard InChI is InChI=1S/C8H6BrFN4/c9-6-2-4(11)1-5(7(6)10)8-12-3-13-14-8/h1-3H,11H2,(H,12,13,14). The molecule has 0 radical (unpaired) electrons. The average Bonchev–Trinajstić information content (AvgIpc) is 2.63. The van der Waals surface area contributed by atoms with Gasteiger partial charge in [-0.05, 0) is 28.1 Å². The van der Waals surface area contributed by atoms with Crippen molar-refractivity contribution in [2.45, 2.75) is 0 Å². The summed E-state index contributed by atoms with van der Waals surface area (Å²) in [6, 6.07) is 3.00. The van der Waals surface area contributed by atoms with Crippen molar-refractivity contribution in [1.82, 2.24) is 15.2 Å². The minimum absolute atomic E-state index is 0.300. The quantitative estimate of drug-likeness (QED) is 0.767. The second-order valence-electron chi connectivity index (χ2n) is 2.70. The van der Waals surface area contributed by atoms with E-state index in [4.69, 9.17) is 5.73 Å². The van der Waals surface area contributed by atoms with E-state index in [1.807, 2.05) is 0 Å². The zero-order valence-corrected chi connectivity index (χ0v) is 8.55. The van der Waals surface area contributed by atoms with Crippen LogP contribution in [0.5, 0.6) is 0 Å². The highest BCUT2D eigenvalue weighted by Crippen LogP contribution is 2.28. The molecule has 72 valence electrons. The Morgan fingerprint density at radius 1 is 1.43 bits per heavy atom. The Labute approximate surface area is 87.5 Å². The monoisotopic (exact) mass is 256 g/mol. The SMILES string of the molecule is Nc1cc(Br)c(F)c(-c2ncn[nH]2)c1. The fourth-order valence-electron chi connectivity index (χ4n) is 1.12. The van der Waals surface area contributed by atoms with Crippen LogP contribution >= 0.6 is 15.9 Å². The topological polar surface area (TPSA) is 67.6 Å². The zero-order chi connectivity index (χ0) is 10.1. The van der Waals surface area contributed by atoms with Gasteiger partial charge in [0.15, 0.2) is 5.82 Å². The summed E-state index contributed by atoms with van der Waals surface area (Å²) in [5, 5.41) is 6.21. The fraction of sp³-hybridized carbons (Fsp3) is 0. The number of aromatic amines is 1. The third-order valence-corrected chi connectivity index (χ3v) is 2.30. The first kappa shape index (κ1) is 9.14. The van der Waals surface area contributed by atoms with E-state index < -0.39 is 5.82 Å². The summed E-state index contributed by atoms with van der Waals surface area (Å²) in [6.45, 7) is 0. The predicted molar refractivity (Wildman–Crippen MR) is 53.9 cm³/mol. The molecule has 0 aliphatic heterocycles. The largest absolute Gasteiger partial charge is 0.399 e. The maximum absolute atomic E-state index is 13.6. The number of nitrogen functional groups attached to an aromatic ring is 1. The predicted octanol–water partition coefficient (Wildman–Crippen LogP) is 1.96. The molecular formula is C8H6BrFN4. The number of anilines is 1.